The van der Waals surface area contributed by atoms with E-state index in [1.54, 1.807) is 88.4 Å². The lowest BCUT2D eigenvalue weighted by Crippen LogP contribution is -2.61. The second-order valence-corrected chi connectivity index (χ2v) is 25.7. The van der Waals surface area contributed by atoms with Crippen molar-refractivity contribution in [3.63, 3.8) is 0 Å². The van der Waals surface area contributed by atoms with Crippen LogP contribution in [0.15, 0.2) is 60.7 Å². The largest absolute Gasteiger partial charge is 0.343 e. The van der Waals surface area contributed by atoms with Crippen LogP contribution < -0.4 is 65.1 Å². The van der Waals surface area contributed by atoms with E-state index in [1.807, 2.05) is 27.7 Å². The fraction of sp³-hybridized carbons (Fsp3) is 0.646. The number of carbonyl (C=O) groups is 11. The van der Waals surface area contributed by atoms with Gasteiger partial charge in [0.15, 0.2) is 0 Å². The van der Waals surface area contributed by atoms with Crippen LogP contribution in [0.5, 0.6) is 0 Å². The predicted molar refractivity (Wildman–Crippen MR) is 341 cm³/mol. The van der Waals surface area contributed by atoms with E-state index in [4.69, 9.17) is 17.2 Å². The molecule has 2 aromatic carbocycles. The Labute approximate surface area is 530 Å². The number of hydrogen-bond acceptors (Lipinski definition) is 14. The molecule has 11 amide bonds. The smallest absolute Gasteiger partial charge is 0.246 e. The summed E-state index contributed by atoms with van der Waals surface area (Å²) in [6.07, 6.45) is 2.46. The van der Waals surface area contributed by atoms with Gasteiger partial charge in [-0.05, 0) is 131 Å². The van der Waals surface area contributed by atoms with E-state index in [0.717, 1.165) is 0 Å². The van der Waals surface area contributed by atoms with Crippen LogP contribution in [0.25, 0.3) is 0 Å². The second kappa shape index (κ2) is 36.4. The predicted octanol–water partition coefficient (Wildman–Crippen LogP) is 0.451. The molecule has 3 saturated heterocycles. The summed E-state index contributed by atoms with van der Waals surface area (Å²) in [5.74, 6) is -8.90. The van der Waals surface area contributed by atoms with E-state index in [-0.39, 0.29) is 122 Å². The zero-order chi connectivity index (χ0) is 66.2. The number of nitrogens with zero attached hydrogens (tertiary/aromatic N) is 2. The highest BCUT2D eigenvalue weighted by atomic mass is 16.2. The average molecular weight is 1260 g/mol. The van der Waals surface area contributed by atoms with Crippen molar-refractivity contribution >= 4 is 65.0 Å². The average Bonchev–Trinajstić information content (AvgIpc) is 1.67. The zero-order valence-electron chi connectivity index (χ0n) is 54.0. The number of nitrogens with two attached hydrogens (primary N) is 3. The molecule has 0 radical (unpaired) electrons. The van der Waals surface area contributed by atoms with Crippen LogP contribution in [0.1, 0.15) is 144 Å². The summed E-state index contributed by atoms with van der Waals surface area (Å²) < 4.78 is 0. The van der Waals surface area contributed by atoms with E-state index in [0.29, 0.717) is 24.0 Å². The minimum atomic E-state index is -1.31. The third-order valence-corrected chi connectivity index (χ3v) is 16.6. The van der Waals surface area contributed by atoms with Gasteiger partial charge in [-0.25, -0.2) is 0 Å². The van der Waals surface area contributed by atoms with Gasteiger partial charge in [0.2, 0.25) is 65.0 Å². The van der Waals surface area contributed by atoms with Crippen LogP contribution in [-0.4, -0.2) is 174 Å². The molecule has 3 fully saturated rings. The van der Waals surface area contributed by atoms with E-state index in [9.17, 15) is 47.9 Å². The van der Waals surface area contributed by atoms with Gasteiger partial charge in [-0.1, -0.05) is 116 Å². The number of rotatable bonds is 19. The van der Waals surface area contributed by atoms with Gasteiger partial charge in [-0.15, -0.1) is 0 Å². The molecule has 3 heterocycles. The Bertz CT molecular complexity index is 2730. The first-order chi connectivity index (χ1) is 42.9. The number of fused-ring (bicyclic) bond motifs is 2. The first kappa shape index (κ1) is 73.2. The molecule has 25 nitrogen and oxygen atoms in total. The maximum atomic E-state index is 15.0. The summed E-state index contributed by atoms with van der Waals surface area (Å²) in [6, 6.07) is 4.50. The van der Waals surface area contributed by atoms with Crippen molar-refractivity contribution in [2.24, 2.45) is 40.9 Å². The van der Waals surface area contributed by atoms with Crippen molar-refractivity contribution in [1.82, 2.24) is 57.7 Å². The van der Waals surface area contributed by atoms with Gasteiger partial charge in [0.1, 0.15) is 66.5 Å². The van der Waals surface area contributed by atoms with Gasteiger partial charge in [0.05, 0.1) is 0 Å². The summed E-state index contributed by atoms with van der Waals surface area (Å²) in [6.45, 7) is 15.0. The second-order valence-electron chi connectivity index (χ2n) is 25.7. The van der Waals surface area contributed by atoms with Crippen LogP contribution >= 0.6 is 0 Å². The molecular weight excluding hydrogens is 1150 g/mol. The van der Waals surface area contributed by atoms with Gasteiger partial charge < -0.3 is 74.9 Å². The first-order valence-corrected chi connectivity index (χ1v) is 32.4. The molecule has 0 saturated carbocycles. The summed E-state index contributed by atoms with van der Waals surface area (Å²) in [4.78, 5) is 164. The molecule has 2 aromatic rings. The molecule has 0 bridgehead atoms. The molecule has 498 valence electrons. The van der Waals surface area contributed by atoms with Crippen molar-refractivity contribution < 1.29 is 52.7 Å². The fourth-order valence-electron chi connectivity index (χ4n) is 11.7. The normalized spacial score (nSPS) is 26.4. The Balaban J connectivity index is 1.60. The van der Waals surface area contributed by atoms with Crippen molar-refractivity contribution in [1.29, 1.82) is 0 Å². The number of nitrogens with one attached hydrogen (secondary N) is 9. The van der Waals surface area contributed by atoms with Crippen molar-refractivity contribution in [3.8, 4) is 0 Å². The van der Waals surface area contributed by atoms with Gasteiger partial charge >= 0.3 is 0 Å². The monoisotopic (exact) mass is 1250 g/mol. The Morgan fingerprint density at radius 3 is 1.07 bits per heavy atom. The number of benzene rings is 2. The van der Waals surface area contributed by atoms with E-state index in [1.165, 1.54) is 9.80 Å². The molecule has 0 aliphatic carbocycles. The maximum Gasteiger partial charge on any atom is 0.246 e. The lowest BCUT2D eigenvalue weighted by atomic mass is 9.99. The Morgan fingerprint density at radius 2 is 0.689 bits per heavy atom. The SMILES string of the molecule is CC(C)C[C@@H]1NC(=O)[C@H](CCCN)NC(=O)[C@H](C(C)C)NC(=O)[C@@H]2CCCN2C(=O)[C@@H](Cc2ccccc2)NC(=O)[C@H](CC(C)C)NC(=O)[C@H](CCCN)NC(=O)[C@H](C(C)C)NC(=O)[C@@H]2CCCN2C(=O)[C@H](CCCN)NC(=O)[C@@H](Cc2ccccc2)NC1=O. The standard InChI is InChI=1S/C65H102N14O11/c1-38(2)34-47-57(82)74-49(36-42-20-11-9-12-21-42)59(84)71-46(26-17-31-68)64(89)78-32-18-27-51(78)60(85)76-53(40(5)6)62(87)70-45(25-16-30-67)56(81)73-48(35-39(3)4)58(83)75-50(37-43-22-13-10-14-23-43)65(90)79-33-19-28-52(79)61(86)77-54(41(7)8)63(88)69-44(24-15-29-66)55(80)72-47/h9-14,20-23,38-41,44-54H,15-19,24-37,66-68H2,1-8H3,(H,69,88)(H,70,87)(H,71,84)(H,72,80)(H,73,81)(H,74,82)(H,75,83)(H,76,85)(H,77,86)/t44-,45-,46-,47-,48-,49+,50+,51-,52-,53-,54-/m0/s1. The van der Waals surface area contributed by atoms with Gasteiger partial charge in [0, 0.05) is 25.9 Å². The van der Waals surface area contributed by atoms with Crippen molar-refractivity contribution in [2.75, 3.05) is 32.7 Å². The van der Waals surface area contributed by atoms with Gasteiger partial charge in [-0.2, -0.15) is 0 Å². The molecular formula is C65H102N14O11. The van der Waals surface area contributed by atoms with Crippen molar-refractivity contribution in [2.45, 2.75) is 212 Å². The lowest BCUT2D eigenvalue weighted by molar-refractivity contribution is -0.143. The molecule has 0 spiro atoms. The minimum Gasteiger partial charge on any atom is -0.343 e. The highest BCUT2D eigenvalue weighted by molar-refractivity contribution is 6.00. The minimum absolute atomic E-state index is 0.00395. The Hall–Kier alpha value is -7.51. The van der Waals surface area contributed by atoms with E-state index >= 15 is 4.79 Å². The fourth-order valence-corrected chi connectivity index (χ4v) is 11.7. The van der Waals surface area contributed by atoms with Gasteiger partial charge in [0.25, 0.3) is 0 Å². The quantitative estimate of drug-likeness (QED) is 0.0910. The molecule has 15 N–H and O–H groups in total. The molecule has 0 aromatic heterocycles. The van der Waals surface area contributed by atoms with E-state index in [2.05, 4.69) is 47.9 Å². The molecule has 3 aliphatic rings. The molecule has 0 unspecified atom stereocenters. The van der Waals surface area contributed by atoms with Crippen LogP contribution in [0, 0.1) is 23.7 Å². The van der Waals surface area contributed by atoms with E-state index < -0.39 is 143 Å². The highest BCUT2D eigenvalue weighted by Gasteiger charge is 2.43. The summed E-state index contributed by atoms with van der Waals surface area (Å²) in [5.41, 5.74) is 19.2. The summed E-state index contributed by atoms with van der Waals surface area (Å²) in [7, 11) is 0. The number of hydrogen-bond donors (Lipinski definition) is 12. The molecule has 90 heavy (non-hydrogen) atoms. The van der Waals surface area contributed by atoms with Crippen LogP contribution in [0.3, 0.4) is 0 Å². The highest BCUT2D eigenvalue weighted by Crippen LogP contribution is 2.24. The summed E-state index contributed by atoms with van der Waals surface area (Å²) >= 11 is 0. The van der Waals surface area contributed by atoms with Gasteiger partial charge in [-0.3, -0.25) is 52.7 Å². The molecule has 5 rings (SSSR count). The lowest BCUT2D eigenvalue weighted by Gasteiger charge is -2.32. The molecule has 3 aliphatic heterocycles. The third-order valence-electron chi connectivity index (χ3n) is 16.6. The molecule has 25 heteroatoms. The van der Waals surface area contributed by atoms with Crippen molar-refractivity contribution in [3.05, 3.63) is 71.8 Å². The Kier molecular flexibility index (Phi) is 29.6. The number of amides is 11. The third kappa shape index (κ3) is 21.9. The van der Waals surface area contributed by atoms with Crippen LogP contribution in [0.4, 0.5) is 0 Å². The molecule has 11 atom stereocenters. The zero-order valence-corrected chi connectivity index (χ0v) is 54.0. The number of carbonyl (C=O) groups excluding carboxylic acids is 11. The maximum absolute atomic E-state index is 15.0. The first-order valence-electron chi connectivity index (χ1n) is 32.4. The van der Waals surface area contributed by atoms with Crippen LogP contribution in [0.2, 0.25) is 0 Å². The summed E-state index contributed by atoms with van der Waals surface area (Å²) in [5, 5.41) is 25.6. The Morgan fingerprint density at radius 1 is 0.378 bits per heavy atom. The topological polar surface area (TPSA) is 381 Å². The van der Waals surface area contributed by atoms with Crippen LogP contribution in [-0.2, 0) is 65.6 Å².